The van der Waals surface area contributed by atoms with Crippen LogP contribution >= 0.6 is 11.6 Å². The number of nitrogens with zero attached hydrogens (tertiary/aromatic N) is 3. The number of hydrogen-bond donors (Lipinski definition) is 0. The number of halogens is 2. The lowest BCUT2D eigenvalue weighted by Gasteiger charge is -2.31. The zero-order chi connectivity index (χ0) is 19.7. The first-order chi connectivity index (χ1) is 13.6. The third-order valence-corrected chi connectivity index (χ3v) is 5.62. The van der Waals surface area contributed by atoms with Crippen LogP contribution in [0.5, 0.6) is 0 Å². The number of piperidine rings is 1. The molecule has 0 bridgehead atoms. The fourth-order valence-electron chi connectivity index (χ4n) is 3.81. The van der Waals surface area contributed by atoms with Gasteiger partial charge < -0.3 is 4.90 Å². The largest absolute Gasteiger partial charge is 0.339 e. The van der Waals surface area contributed by atoms with Crippen LogP contribution in [0.3, 0.4) is 0 Å². The van der Waals surface area contributed by atoms with Gasteiger partial charge in [0.1, 0.15) is 12.1 Å². The van der Waals surface area contributed by atoms with Crippen LogP contribution < -0.4 is 0 Å². The van der Waals surface area contributed by atoms with E-state index in [9.17, 15) is 9.18 Å². The second-order valence-corrected chi connectivity index (χ2v) is 7.30. The van der Waals surface area contributed by atoms with E-state index < -0.39 is 0 Å². The zero-order valence-corrected chi connectivity index (χ0v) is 16.0. The average molecular weight is 396 g/mol. The molecule has 0 radical (unpaired) electrons. The molecular weight excluding hydrogens is 377 g/mol. The van der Waals surface area contributed by atoms with Gasteiger partial charge >= 0.3 is 0 Å². The molecule has 0 unspecified atom stereocenters. The quantitative estimate of drug-likeness (QED) is 0.587. The monoisotopic (exact) mass is 395 g/mol. The third kappa shape index (κ3) is 3.38. The van der Waals surface area contributed by atoms with Crippen molar-refractivity contribution in [1.82, 2.24) is 14.9 Å². The summed E-state index contributed by atoms with van der Waals surface area (Å²) in [4.78, 5) is 22.4. The predicted molar refractivity (Wildman–Crippen MR) is 109 cm³/mol. The van der Waals surface area contributed by atoms with Crippen LogP contribution in [0, 0.1) is 5.82 Å². The Morgan fingerprint density at radius 3 is 2.64 bits per heavy atom. The van der Waals surface area contributed by atoms with Gasteiger partial charge in [-0.15, -0.1) is 0 Å². The number of hydrogen-bond acceptors (Lipinski definition) is 3. The first kappa shape index (κ1) is 18.6. The maximum Gasteiger partial charge on any atom is 0.245 e. The molecule has 1 saturated heterocycles. The highest BCUT2D eigenvalue weighted by Crippen LogP contribution is 2.36. The molecule has 1 amide bonds. The molecule has 0 spiro atoms. The molecule has 2 aromatic carbocycles. The summed E-state index contributed by atoms with van der Waals surface area (Å²) in [6.45, 7) is 4.85. The van der Waals surface area contributed by atoms with Gasteiger partial charge in [0.25, 0.3) is 0 Å². The maximum absolute atomic E-state index is 14.8. The van der Waals surface area contributed by atoms with Gasteiger partial charge in [0.2, 0.25) is 5.91 Å². The van der Waals surface area contributed by atoms with Gasteiger partial charge in [0, 0.05) is 46.6 Å². The Hall–Kier alpha value is -2.79. The maximum atomic E-state index is 14.8. The van der Waals surface area contributed by atoms with Crippen molar-refractivity contribution in [3.05, 3.63) is 71.9 Å². The van der Waals surface area contributed by atoms with E-state index >= 15 is 0 Å². The normalized spacial score (nSPS) is 15.0. The highest BCUT2D eigenvalue weighted by Gasteiger charge is 2.25. The Kier molecular flexibility index (Phi) is 5.09. The minimum atomic E-state index is -0.364. The van der Waals surface area contributed by atoms with Crippen LogP contribution in [-0.4, -0.2) is 33.9 Å². The summed E-state index contributed by atoms with van der Waals surface area (Å²) >= 11 is 6.29. The van der Waals surface area contributed by atoms with Crippen LogP contribution in [-0.2, 0) is 4.79 Å². The molecule has 1 aliphatic heterocycles. The molecule has 2 heterocycles. The van der Waals surface area contributed by atoms with Gasteiger partial charge in [-0.1, -0.05) is 36.4 Å². The number of carbonyl (C=O) groups excluding carboxylic acids is 1. The number of benzene rings is 2. The lowest BCUT2D eigenvalue weighted by atomic mass is 9.90. The van der Waals surface area contributed by atoms with Crippen molar-refractivity contribution in [2.45, 2.75) is 18.8 Å². The predicted octanol–water partition coefficient (Wildman–Crippen LogP) is 4.98. The van der Waals surface area contributed by atoms with Gasteiger partial charge in [-0.2, -0.15) is 0 Å². The molecule has 3 aromatic rings. The molecule has 0 N–H and O–H groups in total. The summed E-state index contributed by atoms with van der Waals surface area (Å²) < 4.78 is 14.8. The second kappa shape index (κ2) is 7.68. The molecule has 1 aromatic heterocycles. The first-order valence-corrected chi connectivity index (χ1v) is 9.56. The molecule has 0 atom stereocenters. The van der Waals surface area contributed by atoms with Crippen molar-refractivity contribution in [2.24, 2.45) is 0 Å². The summed E-state index contributed by atoms with van der Waals surface area (Å²) in [5.74, 6) is -0.227. The van der Waals surface area contributed by atoms with E-state index in [4.69, 9.17) is 11.6 Å². The van der Waals surface area contributed by atoms with Gasteiger partial charge in [0.05, 0.1) is 11.2 Å². The Bertz CT molecular complexity index is 1060. The van der Waals surface area contributed by atoms with Crippen molar-refractivity contribution in [3.63, 3.8) is 0 Å². The van der Waals surface area contributed by atoms with Crippen LogP contribution in [0.25, 0.3) is 22.0 Å². The van der Waals surface area contributed by atoms with Crippen molar-refractivity contribution < 1.29 is 9.18 Å². The Balaban J connectivity index is 1.74. The fraction of sp³-hybridized carbons (Fsp3) is 0.227. The molecule has 4 nitrogen and oxygen atoms in total. The highest BCUT2D eigenvalue weighted by atomic mass is 35.5. The van der Waals surface area contributed by atoms with Crippen molar-refractivity contribution in [1.29, 1.82) is 0 Å². The molecular formula is C22H19ClFN3O. The highest BCUT2D eigenvalue weighted by molar-refractivity contribution is 6.33. The van der Waals surface area contributed by atoms with Crippen molar-refractivity contribution in [2.75, 3.05) is 13.1 Å². The zero-order valence-electron chi connectivity index (χ0n) is 15.2. The number of aromatic nitrogens is 2. The van der Waals surface area contributed by atoms with Crippen LogP contribution in [0.4, 0.5) is 4.39 Å². The number of likely N-dealkylation sites (tertiary alicyclic amines) is 1. The van der Waals surface area contributed by atoms with E-state index in [1.54, 1.807) is 23.1 Å². The Morgan fingerprint density at radius 2 is 1.93 bits per heavy atom. The minimum absolute atomic E-state index is 0.0472. The average Bonchev–Trinajstić information content (AvgIpc) is 2.73. The first-order valence-electron chi connectivity index (χ1n) is 9.19. The summed E-state index contributed by atoms with van der Waals surface area (Å²) in [7, 11) is 0. The van der Waals surface area contributed by atoms with E-state index in [2.05, 4.69) is 16.5 Å². The third-order valence-electron chi connectivity index (χ3n) is 5.29. The van der Waals surface area contributed by atoms with Gasteiger partial charge in [-0.05, 0) is 31.1 Å². The number of rotatable bonds is 3. The molecule has 6 heteroatoms. The second-order valence-electron chi connectivity index (χ2n) is 6.89. The molecule has 4 rings (SSSR count). The minimum Gasteiger partial charge on any atom is -0.339 e. The summed E-state index contributed by atoms with van der Waals surface area (Å²) in [5, 5.41) is 1.32. The Morgan fingerprint density at radius 1 is 1.18 bits per heavy atom. The standard InChI is InChI=1S/C22H19ClFN3O/c1-2-21(28)27-9-7-14(8-10-27)22-17-11-16(15-5-3-4-6-18(15)23)19(24)12-20(17)25-13-26-22/h2-6,11-14H,1,7-10H2. The van der Waals surface area contributed by atoms with E-state index in [1.807, 2.05) is 12.1 Å². The molecule has 28 heavy (non-hydrogen) atoms. The van der Waals surface area contributed by atoms with Crippen molar-refractivity contribution in [3.8, 4) is 11.1 Å². The van der Waals surface area contributed by atoms with Gasteiger partial charge in [-0.25, -0.2) is 14.4 Å². The number of fused-ring (bicyclic) bond motifs is 1. The summed E-state index contributed by atoms with van der Waals surface area (Å²) in [6, 6.07) is 10.4. The van der Waals surface area contributed by atoms with E-state index in [1.165, 1.54) is 18.5 Å². The summed E-state index contributed by atoms with van der Waals surface area (Å²) in [5.41, 5.74) is 2.55. The molecule has 1 aliphatic rings. The smallest absolute Gasteiger partial charge is 0.245 e. The molecule has 0 saturated carbocycles. The lowest BCUT2D eigenvalue weighted by molar-refractivity contribution is -0.127. The fourth-order valence-corrected chi connectivity index (χ4v) is 4.05. The lowest BCUT2D eigenvalue weighted by Crippen LogP contribution is -2.37. The Labute approximate surface area is 167 Å². The molecule has 0 aliphatic carbocycles. The molecule has 1 fully saturated rings. The van der Waals surface area contributed by atoms with Gasteiger partial charge in [0.15, 0.2) is 0 Å². The topological polar surface area (TPSA) is 46.1 Å². The van der Waals surface area contributed by atoms with Crippen LogP contribution in [0.2, 0.25) is 5.02 Å². The molecule has 142 valence electrons. The van der Waals surface area contributed by atoms with E-state index in [-0.39, 0.29) is 17.6 Å². The van der Waals surface area contributed by atoms with Crippen molar-refractivity contribution >= 4 is 28.4 Å². The number of carbonyl (C=O) groups is 1. The van der Waals surface area contributed by atoms with Gasteiger partial charge in [-0.3, -0.25) is 4.79 Å². The van der Waals surface area contributed by atoms with Crippen LogP contribution in [0.1, 0.15) is 24.5 Å². The number of amides is 1. The van der Waals surface area contributed by atoms with Crippen LogP contribution in [0.15, 0.2) is 55.4 Å². The van der Waals surface area contributed by atoms with E-state index in [0.717, 1.165) is 23.9 Å². The summed E-state index contributed by atoms with van der Waals surface area (Å²) in [6.07, 6.45) is 4.42. The SMILES string of the molecule is C=CC(=O)N1CCC(c2ncnc3cc(F)c(-c4ccccc4Cl)cc23)CC1. The van der Waals surface area contributed by atoms with E-state index in [0.29, 0.717) is 34.8 Å².